The molecule has 0 saturated carbocycles. The van der Waals surface area contributed by atoms with E-state index in [0.717, 1.165) is 25.2 Å². The average Bonchev–Trinajstić information content (AvgIpc) is 2.08. The van der Waals surface area contributed by atoms with Crippen LogP contribution in [0, 0.1) is 5.82 Å². The summed E-state index contributed by atoms with van der Waals surface area (Å²) in [6, 6.07) is 5.56. The molecule has 2 rings (SSSR count). The lowest BCUT2D eigenvalue weighted by Gasteiger charge is -2.35. The Hall–Kier alpha value is -0.640. The second kappa shape index (κ2) is 4.47. The van der Waals surface area contributed by atoms with Crippen molar-refractivity contribution in [1.29, 1.82) is 0 Å². The summed E-state index contributed by atoms with van der Waals surface area (Å²) in [4.78, 5) is 2.22. The van der Waals surface area contributed by atoms with Gasteiger partial charge in [0, 0.05) is 25.7 Å². The molecule has 0 aliphatic carbocycles. The molecule has 2 nitrogen and oxygen atoms in total. The zero-order valence-electron chi connectivity index (χ0n) is 8.63. The van der Waals surface area contributed by atoms with E-state index in [4.69, 9.17) is 11.6 Å². The van der Waals surface area contributed by atoms with Gasteiger partial charge in [-0.3, -0.25) is 4.90 Å². The van der Waals surface area contributed by atoms with Crippen LogP contribution in [0.2, 0.25) is 5.02 Å². The largest absolute Gasteiger partial charge is 0.314 e. The number of hydrogen-bond acceptors (Lipinski definition) is 2. The van der Waals surface area contributed by atoms with E-state index in [1.165, 1.54) is 6.07 Å². The summed E-state index contributed by atoms with van der Waals surface area (Å²) in [5.41, 5.74) is 0.964. The molecule has 1 saturated heterocycles. The minimum absolute atomic E-state index is 0.187. The first-order chi connectivity index (χ1) is 7.16. The molecule has 0 atom stereocenters. The molecule has 0 unspecified atom stereocenters. The van der Waals surface area contributed by atoms with Crippen molar-refractivity contribution in [1.82, 2.24) is 10.2 Å². The first-order valence-corrected chi connectivity index (χ1v) is 5.39. The number of likely N-dealkylation sites (N-methyl/N-ethyl adjacent to an activating group) is 1. The Kier molecular flexibility index (Phi) is 3.24. The zero-order valence-corrected chi connectivity index (χ0v) is 9.39. The van der Waals surface area contributed by atoms with E-state index in [2.05, 4.69) is 17.3 Å². The minimum atomic E-state index is -0.339. The van der Waals surface area contributed by atoms with Crippen molar-refractivity contribution in [2.24, 2.45) is 0 Å². The fourth-order valence-corrected chi connectivity index (χ4v) is 1.76. The number of halogens is 2. The SMILES string of the molecule is CN(Cc1ccc(Cl)c(F)c1)C1CNC1. The van der Waals surface area contributed by atoms with Gasteiger partial charge in [-0.05, 0) is 24.7 Å². The maximum absolute atomic E-state index is 13.2. The molecule has 1 N–H and O–H groups in total. The zero-order chi connectivity index (χ0) is 10.8. The standard InChI is InChI=1S/C11H14ClFN2/c1-15(9-5-14-6-9)7-8-2-3-10(12)11(13)4-8/h2-4,9,14H,5-7H2,1H3. The van der Waals surface area contributed by atoms with Crippen LogP contribution in [0.25, 0.3) is 0 Å². The Bertz CT molecular complexity index is 352. The van der Waals surface area contributed by atoms with Gasteiger partial charge in [-0.2, -0.15) is 0 Å². The van der Waals surface area contributed by atoms with Crippen molar-refractivity contribution in [2.45, 2.75) is 12.6 Å². The molecule has 82 valence electrons. The highest BCUT2D eigenvalue weighted by Gasteiger charge is 2.21. The van der Waals surface area contributed by atoms with Crippen molar-refractivity contribution < 1.29 is 4.39 Å². The van der Waals surface area contributed by atoms with Crippen molar-refractivity contribution >= 4 is 11.6 Å². The molecule has 0 radical (unpaired) electrons. The van der Waals surface area contributed by atoms with Crippen LogP contribution in [0.4, 0.5) is 4.39 Å². The Balaban J connectivity index is 2.00. The quantitative estimate of drug-likeness (QED) is 0.850. The molecule has 4 heteroatoms. The summed E-state index contributed by atoms with van der Waals surface area (Å²) in [5.74, 6) is -0.339. The van der Waals surface area contributed by atoms with E-state index in [1.807, 2.05) is 6.07 Å². The summed E-state index contributed by atoms with van der Waals surface area (Å²) in [6.07, 6.45) is 0. The normalized spacial score (nSPS) is 16.8. The molecule has 1 aromatic rings. The molecule has 1 aliphatic rings. The third-order valence-electron chi connectivity index (χ3n) is 2.80. The third-order valence-corrected chi connectivity index (χ3v) is 3.11. The predicted molar refractivity (Wildman–Crippen MR) is 59.5 cm³/mol. The van der Waals surface area contributed by atoms with Crippen molar-refractivity contribution in [3.8, 4) is 0 Å². The molecule has 0 bridgehead atoms. The molecule has 0 aromatic heterocycles. The average molecular weight is 229 g/mol. The second-order valence-corrected chi connectivity index (χ2v) is 4.38. The van der Waals surface area contributed by atoms with E-state index >= 15 is 0 Å². The highest BCUT2D eigenvalue weighted by atomic mass is 35.5. The van der Waals surface area contributed by atoms with Crippen molar-refractivity contribution in [2.75, 3.05) is 20.1 Å². The smallest absolute Gasteiger partial charge is 0.142 e. The third kappa shape index (κ3) is 2.48. The summed E-state index contributed by atoms with van der Waals surface area (Å²) < 4.78 is 13.2. The maximum Gasteiger partial charge on any atom is 0.142 e. The highest BCUT2D eigenvalue weighted by molar-refractivity contribution is 6.30. The lowest BCUT2D eigenvalue weighted by atomic mass is 10.1. The number of nitrogens with zero attached hydrogens (tertiary/aromatic N) is 1. The molecule has 15 heavy (non-hydrogen) atoms. The van der Waals surface area contributed by atoms with Gasteiger partial charge in [0.1, 0.15) is 5.82 Å². The molecular weight excluding hydrogens is 215 g/mol. The van der Waals surface area contributed by atoms with Gasteiger partial charge in [0.25, 0.3) is 0 Å². The van der Waals surface area contributed by atoms with Crippen LogP contribution in [0.15, 0.2) is 18.2 Å². The fourth-order valence-electron chi connectivity index (χ4n) is 1.64. The lowest BCUT2D eigenvalue weighted by molar-refractivity contribution is 0.173. The Morgan fingerprint density at radius 1 is 1.53 bits per heavy atom. The Morgan fingerprint density at radius 2 is 2.27 bits per heavy atom. The monoisotopic (exact) mass is 228 g/mol. The van der Waals surface area contributed by atoms with Gasteiger partial charge in [-0.1, -0.05) is 17.7 Å². The van der Waals surface area contributed by atoms with Crippen molar-refractivity contribution in [3.63, 3.8) is 0 Å². The van der Waals surface area contributed by atoms with E-state index in [1.54, 1.807) is 6.07 Å². The van der Waals surface area contributed by atoms with Crippen LogP contribution in [-0.2, 0) is 6.54 Å². The van der Waals surface area contributed by atoms with Crippen LogP contribution in [-0.4, -0.2) is 31.1 Å². The Labute approximate surface area is 94.0 Å². The molecule has 1 heterocycles. The van der Waals surface area contributed by atoms with Crippen LogP contribution < -0.4 is 5.32 Å². The van der Waals surface area contributed by atoms with Gasteiger partial charge in [0.15, 0.2) is 0 Å². The summed E-state index contributed by atoms with van der Waals surface area (Å²) >= 11 is 5.62. The van der Waals surface area contributed by atoms with Gasteiger partial charge in [-0.25, -0.2) is 4.39 Å². The lowest BCUT2D eigenvalue weighted by Crippen LogP contribution is -2.55. The highest BCUT2D eigenvalue weighted by Crippen LogP contribution is 2.17. The number of benzene rings is 1. The van der Waals surface area contributed by atoms with E-state index in [9.17, 15) is 4.39 Å². The van der Waals surface area contributed by atoms with Gasteiger partial charge in [0.05, 0.1) is 5.02 Å². The van der Waals surface area contributed by atoms with E-state index < -0.39 is 0 Å². The van der Waals surface area contributed by atoms with E-state index in [-0.39, 0.29) is 10.8 Å². The van der Waals surface area contributed by atoms with Crippen LogP contribution in [0.5, 0.6) is 0 Å². The van der Waals surface area contributed by atoms with Crippen LogP contribution >= 0.6 is 11.6 Å². The van der Waals surface area contributed by atoms with Gasteiger partial charge in [-0.15, -0.1) is 0 Å². The Morgan fingerprint density at radius 3 is 2.80 bits per heavy atom. The molecule has 1 aromatic carbocycles. The molecule has 1 aliphatic heterocycles. The first kappa shape index (κ1) is 10.9. The van der Waals surface area contributed by atoms with Gasteiger partial charge >= 0.3 is 0 Å². The molecular formula is C11H14ClFN2. The molecule has 1 fully saturated rings. The predicted octanol–water partition coefficient (Wildman–Crippen LogP) is 1.88. The van der Waals surface area contributed by atoms with Gasteiger partial charge < -0.3 is 5.32 Å². The fraction of sp³-hybridized carbons (Fsp3) is 0.455. The molecule has 0 spiro atoms. The molecule has 0 amide bonds. The topological polar surface area (TPSA) is 15.3 Å². The maximum atomic E-state index is 13.2. The minimum Gasteiger partial charge on any atom is -0.314 e. The summed E-state index contributed by atoms with van der Waals surface area (Å²) in [7, 11) is 2.05. The second-order valence-electron chi connectivity index (χ2n) is 3.98. The first-order valence-electron chi connectivity index (χ1n) is 5.01. The van der Waals surface area contributed by atoms with Crippen molar-refractivity contribution in [3.05, 3.63) is 34.6 Å². The number of rotatable bonds is 3. The van der Waals surface area contributed by atoms with Crippen LogP contribution in [0.3, 0.4) is 0 Å². The van der Waals surface area contributed by atoms with Crippen LogP contribution in [0.1, 0.15) is 5.56 Å². The summed E-state index contributed by atoms with van der Waals surface area (Å²) in [5, 5.41) is 3.40. The van der Waals surface area contributed by atoms with Gasteiger partial charge in [0.2, 0.25) is 0 Å². The van der Waals surface area contributed by atoms with E-state index in [0.29, 0.717) is 6.04 Å². The number of hydrogen-bond donors (Lipinski definition) is 1. The summed E-state index contributed by atoms with van der Waals surface area (Å²) in [6.45, 7) is 2.81. The number of nitrogens with one attached hydrogen (secondary N) is 1.